The summed E-state index contributed by atoms with van der Waals surface area (Å²) in [6.07, 6.45) is 0. The van der Waals surface area contributed by atoms with Crippen LogP contribution in [0.15, 0.2) is 78.9 Å². The van der Waals surface area contributed by atoms with Crippen LogP contribution in [0.3, 0.4) is 0 Å². The molecule has 0 N–H and O–H groups in total. The summed E-state index contributed by atoms with van der Waals surface area (Å²) >= 11 is 0. The van der Waals surface area contributed by atoms with Crippen molar-refractivity contribution >= 4 is 0 Å². The molecule has 97 valence electrons. The van der Waals surface area contributed by atoms with Crippen molar-refractivity contribution in [3.63, 3.8) is 0 Å². The van der Waals surface area contributed by atoms with Crippen molar-refractivity contribution in [1.29, 1.82) is 0 Å². The summed E-state index contributed by atoms with van der Waals surface area (Å²) in [5.74, 6) is -0.219. The summed E-state index contributed by atoms with van der Waals surface area (Å²) in [5.41, 5.74) is 3.13. The molecule has 0 amide bonds. The highest BCUT2D eigenvalue weighted by molar-refractivity contribution is 5.42. The molecule has 0 saturated heterocycles. The third kappa shape index (κ3) is 2.62. The summed E-state index contributed by atoms with van der Waals surface area (Å²) in [6, 6.07) is 28.1. The molecule has 3 rings (SSSR count). The average molecular weight is 261 g/mol. The molecule has 20 heavy (non-hydrogen) atoms. The highest BCUT2D eigenvalue weighted by atomic mass is 19.1. The van der Waals surface area contributed by atoms with Crippen LogP contribution in [-0.4, -0.2) is 0 Å². The van der Waals surface area contributed by atoms with Gasteiger partial charge in [0.1, 0.15) is 5.82 Å². The lowest BCUT2D eigenvalue weighted by Crippen LogP contribution is -2.03. The van der Waals surface area contributed by atoms with E-state index in [0.29, 0.717) is 0 Å². The Bertz CT molecular complexity index is 635. The minimum Gasteiger partial charge on any atom is -0.207 e. The highest BCUT2D eigenvalue weighted by Crippen LogP contribution is 2.31. The Labute approximate surface area is 118 Å². The molecule has 1 heteroatoms. The van der Waals surface area contributed by atoms with Gasteiger partial charge in [0.05, 0.1) is 0 Å². The van der Waals surface area contributed by atoms with Gasteiger partial charge in [0.25, 0.3) is 0 Å². The molecule has 0 atom stereocenters. The highest BCUT2D eigenvalue weighted by Gasteiger charge is 2.16. The normalized spacial score (nSPS) is 10.7. The van der Waals surface area contributed by atoms with E-state index in [2.05, 4.69) is 30.3 Å². The van der Waals surface area contributed by atoms with Crippen LogP contribution >= 0.6 is 0 Å². The van der Waals surface area contributed by atoms with Gasteiger partial charge in [0, 0.05) is 5.92 Å². The molecule has 0 aliphatic heterocycles. The van der Waals surface area contributed by atoms with E-state index in [9.17, 15) is 4.39 Å². The van der Waals surface area contributed by atoms with Gasteiger partial charge in [-0.1, -0.05) is 66.7 Å². The monoisotopic (exact) mass is 261 g/mol. The first kappa shape index (κ1) is 12.6. The lowest BCUT2D eigenvalue weighted by atomic mass is 9.85. The molecule has 0 aliphatic carbocycles. The van der Waals surface area contributed by atoms with Gasteiger partial charge in [-0.3, -0.25) is 0 Å². The van der Waals surface area contributed by atoms with Crippen molar-refractivity contribution < 1.29 is 4.39 Å². The maximum Gasteiger partial charge on any atom is 0.123 e. The van der Waals surface area contributed by atoms with Crippen LogP contribution in [0, 0.1) is 11.9 Å². The van der Waals surface area contributed by atoms with Crippen molar-refractivity contribution in [2.24, 2.45) is 0 Å². The minimum atomic E-state index is -0.226. The second-order valence-corrected chi connectivity index (χ2v) is 4.72. The maximum absolute atomic E-state index is 13.5. The van der Waals surface area contributed by atoms with Crippen molar-refractivity contribution in [2.45, 2.75) is 5.92 Å². The SMILES string of the molecule is Fc1cc[c]c(C(c2ccccc2)c2ccccc2)c1. The van der Waals surface area contributed by atoms with Crippen LogP contribution in [0.5, 0.6) is 0 Å². The number of benzene rings is 3. The van der Waals surface area contributed by atoms with Gasteiger partial charge >= 0.3 is 0 Å². The van der Waals surface area contributed by atoms with E-state index < -0.39 is 0 Å². The Morgan fingerprint density at radius 1 is 0.750 bits per heavy atom. The summed E-state index contributed by atoms with van der Waals surface area (Å²) in [4.78, 5) is 0. The molecule has 0 spiro atoms. The average Bonchev–Trinajstić information content (AvgIpc) is 2.50. The Morgan fingerprint density at radius 3 is 1.80 bits per heavy atom. The molecule has 0 bridgehead atoms. The molecule has 1 radical (unpaired) electrons. The fraction of sp³-hybridized carbons (Fsp3) is 0.0526. The number of hydrogen-bond acceptors (Lipinski definition) is 0. The maximum atomic E-state index is 13.5. The second-order valence-electron chi connectivity index (χ2n) is 4.72. The van der Waals surface area contributed by atoms with Crippen LogP contribution in [0.25, 0.3) is 0 Å². The van der Waals surface area contributed by atoms with Gasteiger partial charge in [-0.2, -0.15) is 0 Å². The van der Waals surface area contributed by atoms with Crippen LogP contribution in [-0.2, 0) is 0 Å². The lowest BCUT2D eigenvalue weighted by molar-refractivity contribution is 0.624. The Morgan fingerprint density at radius 2 is 1.30 bits per heavy atom. The first-order valence-corrected chi connectivity index (χ1v) is 6.61. The van der Waals surface area contributed by atoms with Gasteiger partial charge in [-0.25, -0.2) is 4.39 Å². The van der Waals surface area contributed by atoms with Crippen molar-refractivity contribution in [3.05, 3.63) is 107 Å². The van der Waals surface area contributed by atoms with Crippen molar-refractivity contribution in [2.75, 3.05) is 0 Å². The zero-order valence-corrected chi connectivity index (χ0v) is 11.0. The quantitative estimate of drug-likeness (QED) is 0.594. The molecule has 3 aromatic rings. The zero-order valence-electron chi connectivity index (χ0n) is 11.0. The first-order chi connectivity index (χ1) is 9.84. The Balaban J connectivity index is 2.14. The van der Waals surface area contributed by atoms with Crippen LogP contribution in [0.4, 0.5) is 4.39 Å². The van der Waals surface area contributed by atoms with E-state index in [1.807, 2.05) is 36.4 Å². The molecule has 3 aromatic carbocycles. The van der Waals surface area contributed by atoms with E-state index in [-0.39, 0.29) is 11.7 Å². The predicted octanol–water partition coefficient (Wildman–Crippen LogP) is 4.81. The molecular formula is C19H14F. The van der Waals surface area contributed by atoms with Crippen LogP contribution in [0.1, 0.15) is 22.6 Å². The Kier molecular flexibility index (Phi) is 3.60. The molecule has 0 nitrogen and oxygen atoms in total. The summed E-state index contributed by atoms with van der Waals surface area (Å²) in [6.45, 7) is 0. The van der Waals surface area contributed by atoms with Gasteiger partial charge in [0.2, 0.25) is 0 Å². The molecule has 0 aromatic heterocycles. The second kappa shape index (κ2) is 5.70. The molecule has 0 aliphatic rings. The van der Waals surface area contributed by atoms with Crippen molar-refractivity contribution in [1.82, 2.24) is 0 Å². The lowest BCUT2D eigenvalue weighted by Gasteiger charge is -2.18. The van der Waals surface area contributed by atoms with E-state index in [0.717, 1.165) is 16.7 Å². The molecule has 0 heterocycles. The zero-order chi connectivity index (χ0) is 13.8. The van der Waals surface area contributed by atoms with Crippen molar-refractivity contribution in [3.8, 4) is 0 Å². The molecule has 0 fully saturated rings. The standard InChI is InChI=1S/C19H14F/c20-18-13-7-12-17(14-18)19(15-8-3-1-4-9-15)16-10-5-2-6-11-16/h1-11,13-14,19H. The number of hydrogen-bond donors (Lipinski definition) is 0. The first-order valence-electron chi connectivity index (χ1n) is 6.61. The third-order valence-corrected chi connectivity index (χ3v) is 3.36. The number of halogens is 1. The molecule has 0 saturated carbocycles. The molecule has 0 unspecified atom stereocenters. The summed E-state index contributed by atoms with van der Waals surface area (Å²) < 4.78 is 13.5. The molecular weight excluding hydrogens is 247 g/mol. The van der Waals surface area contributed by atoms with Gasteiger partial charge in [-0.05, 0) is 34.9 Å². The minimum absolute atomic E-state index is 0.00750. The summed E-state index contributed by atoms with van der Waals surface area (Å²) in [7, 11) is 0. The predicted molar refractivity (Wildman–Crippen MR) is 79.1 cm³/mol. The van der Waals surface area contributed by atoms with E-state index in [4.69, 9.17) is 0 Å². The van der Waals surface area contributed by atoms with E-state index >= 15 is 0 Å². The smallest absolute Gasteiger partial charge is 0.123 e. The largest absolute Gasteiger partial charge is 0.207 e. The van der Waals surface area contributed by atoms with E-state index in [1.54, 1.807) is 12.1 Å². The Hall–Kier alpha value is -2.41. The van der Waals surface area contributed by atoms with Crippen LogP contribution < -0.4 is 0 Å². The van der Waals surface area contributed by atoms with Gasteiger partial charge in [-0.15, -0.1) is 0 Å². The fourth-order valence-corrected chi connectivity index (χ4v) is 2.47. The van der Waals surface area contributed by atoms with Gasteiger partial charge in [0.15, 0.2) is 0 Å². The summed E-state index contributed by atoms with van der Waals surface area (Å²) in [5, 5.41) is 0. The fourth-order valence-electron chi connectivity index (χ4n) is 2.47. The third-order valence-electron chi connectivity index (χ3n) is 3.36. The topological polar surface area (TPSA) is 0 Å². The van der Waals surface area contributed by atoms with Gasteiger partial charge < -0.3 is 0 Å². The number of rotatable bonds is 3. The van der Waals surface area contributed by atoms with E-state index in [1.165, 1.54) is 6.07 Å². The van der Waals surface area contributed by atoms with Crippen LogP contribution in [0.2, 0.25) is 0 Å².